The maximum atomic E-state index is 13.7. The maximum absolute atomic E-state index is 13.7. The van der Waals surface area contributed by atoms with Crippen LogP contribution in [0.3, 0.4) is 0 Å². The largest absolute Gasteiger partial charge is 0.318 e. The smallest absolute Gasteiger partial charge is 0.307 e. The van der Waals surface area contributed by atoms with Crippen LogP contribution in [-0.4, -0.2) is 15.8 Å². The second-order valence-electron chi connectivity index (χ2n) is 4.19. The van der Waals surface area contributed by atoms with Crippen LogP contribution in [0.2, 0.25) is 20.2 Å². The summed E-state index contributed by atoms with van der Waals surface area (Å²) in [6.45, 7) is 0. The minimum Gasteiger partial charge on any atom is -0.318 e. The molecule has 12 heteroatoms. The third-order valence-electron chi connectivity index (χ3n) is 2.68. The molecule has 6 nitrogen and oxygen atoms in total. The fourth-order valence-electron chi connectivity index (χ4n) is 1.59. The fourth-order valence-corrected chi connectivity index (χ4v) is 2.41. The van der Waals surface area contributed by atoms with E-state index in [2.05, 4.69) is 4.98 Å². The Balaban J connectivity index is 2.45. The molecule has 2 rings (SSSR count). The van der Waals surface area contributed by atoms with Gasteiger partial charge in [-0.25, -0.2) is 9.37 Å². The Bertz CT molecular complexity index is 879. The van der Waals surface area contributed by atoms with Crippen molar-refractivity contribution < 1.29 is 18.5 Å². The highest BCUT2D eigenvalue weighted by Gasteiger charge is 2.23. The molecule has 0 radical (unpaired) electrons. The first-order valence-corrected chi connectivity index (χ1v) is 7.29. The summed E-state index contributed by atoms with van der Waals surface area (Å²) in [4.78, 5) is 25.3. The third-order valence-corrected chi connectivity index (χ3v) is 4.36. The van der Waals surface area contributed by atoms with E-state index in [1.165, 1.54) is 0 Å². The number of nitro benzene ring substituents is 1. The zero-order valence-corrected chi connectivity index (χ0v) is 14.1. The molecule has 0 saturated carbocycles. The minimum absolute atomic E-state index is 0.191. The van der Waals surface area contributed by atoms with Crippen LogP contribution < -0.4 is 5.32 Å². The highest BCUT2D eigenvalue weighted by molar-refractivity contribution is 6.52. The average Bonchev–Trinajstić information content (AvgIpc) is 2.50. The summed E-state index contributed by atoms with van der Waals surface area (Å²) in [6.07, 6.45) is 0. The molecule has 0 aliphatic heterocycles. The summed E-state index contributed by atoms with van der Waals surface area (Å²) in [5, 5.41) is 11.5. The quantitative estimate of drug-likeness (QED) is 0.426. The van der Waals surface area contributed by atoms with Gasteiger partial charge in [0.2, 0.25) is 5.82 Å². The highest BCUT2D eigenvalue weighted by atomic mass is 35.5. The Morgan fingerprint density at radius 3 is 2.29 bits per heavy atom. The molecule has 1 aromatic carbocycles. The molecule has 0 bridgehead atoms. The van der Waals surface area contributed by atoms with Crippen molar-refractivity contribution in [2.75, 3.05) is 5.32 Å². The van der Waals surface area contributed by atoms with E-state index >= 15 is 0 Å². The number of halogens is 6. The van der Waals surface area contributed by atoms with Gasteiger partial charge in [-0.1, -0.05) is 46.4 Å². The molecule has 1 aromatic heterocycles. The van der Waals surface area contributed by atoms with Crippen molar-refractivity contribution in [1.29, 1.82) is 0 Å². The molecular weight excluding hydrogens is 414 g/mol. The Morgan fingerprint density at radius 2 is 1.71 bits per heavy atom. The molecule has 2 aromatic rings. The van der Waals surface area contributed by atoms with Crippen LogP contribution in [0, 0.1) is 21.7 Å². The van der Waals surface area contributed by atoms with Crippen molar-refractivity contribution in [2.24, 2.45) is 0 Å². The topological polar surface area (TPSA) is 85.1 Å². The van der Waals surface area contributed by atoms with Gasteiger partial charge in [0.25, 0.3) is 5.91 Å². The number of rotatable bonds is 3. The van der Waals surface area contributed by atoms with Gasteiger partial charge in [-0.05, 0) is 0 Å². The fraction of sp³-hybridized carbons (Fsp3) is 0. The van der Waals surface area contributed by atoms with Gasteiger partial charge >= 0.3 is 5.69 Å². The Morgan fingerprint density at radius 1 is 1.08 bits per heavy atom. The monoisotopic (exact) mass is 415 g/mol. The number of carbonyl (C=O) groups excluding carboxylic acids is 1. The molecule has 0 spiro atoms. The van der Waals surface area contributed by atoms with Crippen LogP contribution in [0.1, 0.15) is 10.5 Å². The number of benzene rings is 1. The van der Waals surface area contributed by atoms with Gasteiger partial charge in [0.15, 0.2) is 0 Å². The van der Waals surface area contributed by atoms with E-state index < -0.39 is 39.5 Å². The van der Waals surface area contributed by atoms with Gasteiger partial charge in [-0.3, -0.25) is 14.9 Å². The van der Waals surface area contributed by atoms with Gasteiger partial charge in [0.1, 0.15) is 16.7 Å². The summed E-state index contributed by atoms with van der Waals surface area (Å²) < 4.78 is 27.0. The summed E-state index contributed by atoms with van der Waals surface area (Å²) >= 11 is 23.0. The van der Waals surface area contributed by atoms with Gasteiger partial charge in [-0.15, -0.1) is 0 Å². The summed E-state index contributed by atoms with van der Waals surface area (Å²) in [7, 11) is 0. The molecule has 0 aliphatic rings. The first kappa shape index (κ1) is 18.6. The van der Waals surface area contributed by atoms with E-state index in [-0.39, 0.29) is 26.3 Å². The van der Waals surface area contributed by atoms with Gasteiger partial charge < -0.3 is 5.32 Å². The molecule has 1 heterocycles. The lowest BCUT2D eigenvalue weighted by Crippen LogP contribution is -2.16. The lowest BCUT2D eigenvalue weighted by molar-refractivity contribution is -0.387. The molecular formula is C12H3Cl4F2N3O3. The van der Waals surface area contributed by atoms with Crippen molar-refractivity contribution in [3.8, 4) is 0 Å². The number of anilines is 1. The molecule has 0 fully saturated rings. The van der Waals surface area contributed by atoms with Crippen LogP contribution in [0.15, 0.2) is 12.1 Å². The van der Waals surface area contributed by atoms with E-state index in [0.717, 1.165) is 0 Å². The number of aromatic nitrogens is 1. The maximum Gasteiger partial charge on any atom is 0.307 e. The van der Waals surface area contributed by atoms with Crippen molar-refractivity contribution >= 4 is 63.7 Å². The van der Waals surface area contributed by atoms with E-state index in [4.69, 9.17) is 46.4 Å². The lowest BCUT2D eigenvalue weighted by atomic mass is 10.2. The van der Waals surface area contributed by atoms with Crippen LogP contribution in [0.25, 0.3) is 0 Å². The zero-order valence-electron chi connectivity index (χ0n) is 11.0. The number of carbonyl (C=O) groups is 1. The molecule has 0 saturated heterocycles. The molecule has 1 amide bonds. The summed E-state index contributed by atoms with van der Waals surface area (Å²) in [5.74, 6) is -3.72. The molecule has 0 unspecified atom stereocenters. The molecule has 126 valence electrons. The predicted molar refractivity (Wildman–Crippen MR) is 85.2 cm³/mol. The second kappa shape index (κ2) is 7.02. The summed E-state index contributed by atoms with van der Waals surface area (Å²) in [6, 6.07) is 0.764. The molecule has 0 atom stereocenters. The molecule has 1 N–H and O–H groups in total. The normalized spacial score (nSPS) is 10.6. The minimum atomic E-state index is -1.40. The molecule has 24 heavy (non-hydrogen) atoms. The Kier molecular flexibility index (Phi) is 5.44. The van der Waals surface area contributed by atoms with Crippen LogP contribution in [0.4, 0.5) is 20.2 Å². The number of nitrogens with zero attached hydrogens (tertiary/aromatic N) is 2. The van der Waals surface area contributed by atoms with E-state index in [1.54, 1.807) is 0 Å². The predicted octanol–water partition coefficient (Wildman–Crippen LogP) is 5.13. The van der Waals surface area contributed by atoms with Crippen LogP contribution in [0.5, 0.6) is 0 Å². The highest BCUT2D eigenvalue weighted by Crippen LogP contribution is 2.36. The Hall–Kier alpha value is -1.74. The number of hydrogen-bond acceptors (Lipinski definition) is 4. The van der Waals surface area contributed by atoms with Gasteiger partial charge in [0.05, 0.1) is 25.7 Å². The Labute approximate surface area is 152 Å². The van der Waals surface area contributed by atoms with Gasteiger partial charge in [-0.2, -0.15) is 4.39 Å². The first-order valence-electron chi connectivity index (χ1n) is 5.78. The number of hydrogen-bond donors (Lipinski definition) is 1. The average molecular weight is 417 g/mol. The van der Waals surface area contributed by atoms with Crippen LogP contribution in [-0.2, 0) is 0 Å². The van der Waals surface area contributed by atoms with Crippen molar-refractivity contribution in [3.63, 3.8) is 0 Å². The zero-order chi connectivity index (χ0) is 18.2. The lowest BCUT2D eigenvalue weighted by Gasteiger charge is -2.09. The molecule has 0 aliphatic carbocycles. The van der Waals surface area contributed by atoms with Gasteiger partial charge in [0, 0.05) is 12.1 Å². The number of pyridine rings is 1. The van der Waals surface area contributed by atoms with Crippen LogP contribution >= 0.6 is 46.4 Å². The third kappa shape index (κ3) is 3.51. The first-order chi connectivity index (χ1) is 11.1. The summed E-state index contributed by atoms with van der Waals surface area (Å²) in [5.41, 5.74) is -2.19. The number of nitrogens with one attached hydrogen (secondary N) is 1. The van der Waals surface area contributed by atoms with Crippen molar-refractivity contribution in [2.45, 2.75) is 0 Å². The van der Waals surface area contributed by atoms with Crippen molar-refractivity contribution in [3.05, 3.63) is 59.8 Å². The number of nitro groups is 1. The second-order valence-corrected chi connectivity index (χ2v) is 5.68. The number of amides is 1. The van der Waals surface area contributed by atoms with Crippen molar-refractivity contribution in [1.82, 2.24) is 4.98 Å². The van der Waals surface area contributed by atoms with E-state index in [0.29, 0.717) is 6.07 Å². The van der Waals surface area contributed by atoms with E-state index in [9.17, 15) is 23.7 Å². The SMILES string of the molecule is O=C(Nc1cc([N+](=O)[O-])c(F)cc1F)c1nc(Cl)c(Cl)c(Cl)c1Cl. The standard InChI is InChI=1S/C12H3Cl4F2N3O3/c13-7-8(14)10(20-11(16)9(7)15)12(22)19-5-2-6(21(23)24)4(18)1-3(5)17/h1-2H,(H,19,22). The van der Waals surface area contributed by atoms with E-state index in [1.807, 2.05) is 5.32 Å².